The Bertz CT molecular complexity index is 962. The summed E-state index contributed by atoms with van der Waals surface area (Å²) in [6.45, 7) is 5.35. The number of nitrogens with zero attached hydrogens (tertiary/aromatic N) is 2. The second-order valence-electron chi connectivity index (χ2n) is 5.15. The summed E-state index contributed by atoms with van der Waals surface area (Å²) in [5.41, 5.74) is -0.880. The van der Waals surface area contributed by atoms with E-state index in [-0.39, 0.29) is 23.6 Å². The van der Waals surface area contributed by atoms with Gasteiger partial charge in [-0.25, -0.2) is 14.2 Å². The van der Waals surface area contributed by atoms with Crippen LogP contribution in [0.5, 0.6) is 0 Å². The number of aromatic amines is 1. The SMILES string of the molecule is CCON=Cc1cc(-n2c(=O)[nH]c(C)c(C(=O)OCC)c2=O)ccc1Cl. The van der Waals surface area contributed by atoms with Crippen molar-refractivity contribution in [1.29, 1.82) is 0 Å². The molecule has 0 amide bonds. The molecule has 0 saturated heterocycles. The molecule has 1 heterocycles. The number of nitrogens with one attached hydrogen (secondary N) is 1. The lowest BCUT2D eigenvalue weighted by molar-refractivity contribution is 0.0522. The minimum atomic E-state index is -0.799. The Kier molecular flexibility index (Phi) is 6.35. The van der Waals surface area contributed by atoms with E-state index in [0.717, 1.165) is 4.57 Å². The van der Waals surface area contributed by atoms with Crippen LogP contribution < -0.4 is 11.2 Å². The average Bonchev–Trinajstić information content (AvgIpc) is 2.57. The van der Waals surface area contributed by atoms with Crippen LogP contribution in [-0.2, 0) is 9.57 Å². The molecule has 1 aromatic carbocycles. The van der Waals surface area contributed by atoms with Crippen LogP contribution in [0.2, 0.25) is 5.02 Å². The van der Waals surface area contributed by atoms with Crippen LogP contribution in [0.3, 0.4) is 0 Å². The minimum absolute atomic E-state index is 0.107. The van der Waals surface area contributed by atoms with Gasteiger partial charge < -0.3 is 14.6 Å². The molecule has 0 atom stereocenters. The van der Waals surface area contributed by atoms with Gasteiger partial charge in [0.05, 0.1) is 18.5 Å². The number of halogens is 1. The Morgan fingerprint density at radius 2 is 2.04 bits per heavy atom. The monoisotopic (exact) mass is 379 g/mol. The quantitative estimate of drug-likeness (QED) is 0.470. The Morgan fingerprint density at radius 3 is 2.69 bits per heavy atom. The lowest BCUT2D eigenvalue weighted by atomic mass is 10.2. The summed E-state index contributed by atoms with van der Waals surface area (Å²) >= 11 is 6.10. The van der Waals surface area contributed by atoms with Crippen molar-refractivity contribution in [2.75, 3.05) is 13.2 Å². The number of carbonyl (C=O) groups is 1. The maximum atomic E-state index is 12.7. The maximum Gasteiger partial charge on any atom is 0.345 e. The van der Waals surface area contributed by atoms with Crippen molar-refractivity contribution < 1.29 is 14.4 Å². The van der Waals surface area contributed by atoms with Crippen LogP contribution in [0.15, 0.2) is 32.9 Å². The van der Waals surface area contributed by atoms with Gasteiger partial charge in [-0.05, 0) is 39.0 Å². The molecule has 8 nitrogen and oxygen atoms in total. The number of H-pyrrole nitrogens is 1. The van der Waals surface area contributed by atoms with Gasteiger partial charge >= 0.3 is 11.7 Å². The highest BCUT2D eigenvalue weighted by Gasteiger charge is 2.20. The molecule has 0 bridgehead atoms. The lowest BCUT2D eigenvalue weighted by Crippen LogP contribution is -2.38. The highest BCUT2D eigenvalue weighted by atomic mass is 35.5. The first kappa shape index (κ1) is 19.5. The molecule has 1 aromatic heterocycles. The van der Waals surface area contributed by atoms with Gasteiger partial charge in [-0.2, -0.15) is 0 Å². The largest absolute Gasteiger partial charge is 0.462 e. The van der Waals surface area contributed by atoms with Crippen LogP contribution in [0.25, 0.3) is 5.69 Å². The Hall–Kier alpha value is -2.87. The second kappa shape index (κ2) is 8.48. The van der Waals surface area contributed by atoms with Crippen LogP contribution in [0.4, 0.5) is 0 Å². The van der Waals surface area contributed by atoms with Gasteiger partial charge in [0.25, 0.3) is 5.56 Å². The van der Waals surface area contributed by atoms with Crippen molar-refractivity contribution in [1.82, 2.24) is 9.55 Å². The van der Waals surface area contributed by atoms with Gasteiger partial charge in [-0.1, -0.05) is 16.8 Å². The Morgan fingerprint density at radius 1 is 1.31 bits per heavy atom. The molecule has 0 fully saturated rings. The van der Waals surface area contributed by atoms with Gasteiger partial charge in [0.2, 0.25) is 0 Å². The van der Waals surface area contributed by atoms with E-state index < -0.39 is 17.2 Å². The van der Waals surface area contributed by atoms with Crippen molar-refractivity contribution in [2.24, 2.45) is 5.16 Å². The standard InChI is InChI=1S/C17H18ClN3O5/c1-4-25-16(23)14-10(3)20-17(24)21(15(14)22)12-6-7-13(18)11(8-12)9-19-26-5-2/h6-9H,4-5H2,1-3H3,(H,20,24). The molecule has 0 unspecified atom stereocenters. The summed E-state index contributed by atoms with van der Waals surface area (Å²) in [6.07, 6.45) is 1.37. The normalized spacial score (nSPS) is 10.9. The van der Waals surface area contributed by atoms with Crippen molar-refractivity contribution in [2.45, 2.75) is 20.8 Å². The molecule has 9 heteroatoms. The van der Waals surface area contributed by atoms with Crippen LogP contribution in [-0.4, -0.2) is 34.9 Å². The van der Waals surface area contributed by atoms with Gasteiger partial charge in [-0.3, -0.25) is 4.79 Å². The highest BCUT2D eigenvalue weighted by molar-refractivity contribution is 6.33. The smallest absolute Gasteiger partial charge is 0.345 e. The number of oxime groups is 1. The molecule has 0 aliphatic carbocycles. The van der Waals surface area contributed by atoms with Gasteiger partial charge in [0.15, 0.2) is 0 Å². The van der Waals surface area contributed by atoms with Gasteiger partial charge in [0, 0.05) is 16.3 Å². The van der Waals surface area contributed by atoms with E-state index in [2.05, 4.69) is 10.1 Å². The predicted octanol–water partition coefficient (Wildman–Crippen LogP) is 2.03. The fourth-order valence-corrected chi connectivity index (χ4v) is 2.43. The number of rotatable bonds is 6. The molecular formula is C17H18ClN3O5. The number of ether oxygens (including phenoxy) is 1. The summed E-state index contributed by atoms with van der Waals surface area (Å²) in [4.78, 5) is 44.5. The van der Waals surface area contributed by atoms with Crippen LogP contribution in [0, 0.1) is 6.92 Å². The van der Waals surface area contributed by atoms with E-state index in [1.165, 1.54) is 31.3 Å². The van der Waals surface area contributed by atoms with E-state index in [4.69, 9.17) is 21.2 Å². The predicted molar refractivity (Wildman–Crippen MR) is 97.6 cm³/mol. The van der Waals surface area contributed by atoms with E-state index in [1.807, 2.05) is 0 Å². The summed E-state index contributed by atoms with van der Waals surface area (Å²) in [5.74, 6) is -0.799. The molecule has 0 radical (unpaired) electrons. The topological polar surface area (TPSA) is 103 Å². The van der Waals surface area contributed by atoms with E-state index in [1.54, 1.807) is 13.8 Å². The molecular weight excluding hydrogens is 362 g/mol. The number of hydrogen-bond acceptors (Lipinski definition) is 6. The van der Waals surface area contributed by atoms with Crippen LogP contribution >= 0.6 is 11.6 Å². The first-order chi connectivity index (χ1) is 12.4. The van der Waals surface area contributed by atoms with Crippen molar-refractivity contribution >= 4 is 23.8 Å². The van der Waals surface area contributed by atoms with Gasteiger partial charge in [0.1, 0.15) is 12.2 Å². The lowest BCUT2D eigenvalue weighted by Gasteiger charge is -2.10. The van der Waals surface area contributed by atoms with Crippen molar-refractivity contribution in [3.63, 3.8) is 0 Å². The summed E-state index contributed by atoms with van der Waals surface area (Å²) < 4.78 is 5.74. The second-order valence-corrected chi connectivity index (χ2v) is 5.56. The van der Waals surface area contributed by atoms with Crippen molar-refractivity contribution in [3.8, 4) is 5.69 Å². The summed E-state index contributed by atoms with van der Waals surface area (Å²) in [6, 6.07) is 4.49. The summed E-state index contributed by atoms with van der Waals surface area (Å²) in [5, 5.41) is 4.09. The number of hydrogen-bond donors (Lipinski definition) is 1. The molecule has 1 N–H and O–H groups in total. The van der Waals surface area contributed by atoms with E-state index >= 15 is 0 Å². The highest BCUT2D eigenvalue weighted by Crippen LogP contribution is 2.17. The first-order valence-electron chi connectivity index (χ1n) is 7.89. The Labute approximate surface area is 154 Å². The first-order valence-corrected chi connectivity index (χ1v) is 8.26. The number of esters is 1. The molecule has 0 spiro atoms. The van der Waals surface area contributed by atoms with Gasteiger partial charge in [-0.15, -0.1) is 0 Å². The average molecular weight is 380 g/mol. The summed E-state index contributed by atoms with van der Waals surface area (Å²) in [7, 11) is 0. The fourth-order valence-electron chi connectivity index (χ4n) is 2.26. The maximum absolute atomic E-state index is 12.7. The molecule has 0 aliphatic rings. The molecule has 0 saturated carbocycles. The number of benzene rings is 1. The zero-order valence-corrected chi connectivity index (χ0v) is 15.3. The third-order valence-electron chi connectivity index (χ3n) is 3.40. The molecule has 138 valence electrons. The Balaban J connectivity index is 2.64. The van der Waals surface area contributed by atoms with Crippen LogP contribution in [0.1, 0.15) is 35.5 Å². The zero-order chi connectivity index (χ0) is 19.3. The van der Waals surface area contributed by atoms with E-state index in [9.17, 15) is 14.4 Å². The molecule has 26 heavy (non-hydrogen) atoms. The zero-order valence-electron chi connectivity index (χ0n) is 14.5. The molecule has 0 aliphatic heterocycles. The molecule has 2 rings (SSSR count). The molecule has 2 aromatic rings. The number of aryl methyl sites for hydroxylation is 1. The van der Waals surface area contributed by atoms with E-state index in [0.29, 0.717) is 17.2 Å². The number of carbonyl (C=O) groups excluding carboxylic acids is 1. The van der Waals surface area contributed by atoms with Crippen molar-refractivity contribution in [3.05, 3.63) is 60.9 Å². The third-order valence-corrected chi connectivity index (χ3v) is 3.75. The number of aromatic nitrogens is 2. The third kappa shape index (κ3) is 4.02. The fraction of sp³-hybridized carbons (Fsp3) is 0.294. The minimum Gasteiger partial charge on any atom is -0.462 e.